The maximum Gasteiger partial charge on any atom is 0.161 e. The third-order valence-corrected chi connectivity index (χ3v) is 5.75. The Morgan fingerprint density at radius 3 is 2.09 bits per heavy atom. The van der Waals surface area contributed by atoms with Crippen LogP contribution in [0.5, 0.6) is 0 Å². The van der Waals surface area contributed by atoms with Gasteiger partial charge in [-0.25, -0.2) is 8.42 Å². The molecule has 0 aliphatic rings. The van der Waals surface area contributed by atoms with Gasteiger partial charge in [0.25, 0.3) is 0 Å². The average Bonchev–Trinajstić information content (AvgIpc) is 2.60. The van der Waals surface area contributed by atoms with Gasteiger partial charge in [0.2, 0.25) is 0 Å². The summed E-state index contributed by atoms with van der Waals surface area (Å²) in [4.78, 5) is 0. The van der Waals surface area contributed by atoms with Crippen molar-refractivity contribution < 1.29 is 18.7 Å². The minimum absolute atomic E-state index is 0.0473. The summed E-state index contributed by atoms with van der Waals surface area (Å²) in [5.74, 6) is -0.140. The first-order valence-corrected chi connectivity index (χ1v) is 8.95. The standard InChI is InChI=1S/C17H19NO4S/c1-2-23(21,22)16(12-19)17(18-20)15-10-8-14(9-11-15)13-6-4-3-5-7-13/h3-11,16,19-20H,2,12H2,1H3/b18-17+. The summed E-state index contributed by atoms with van der Waals surface area (Å²) >= 11 is 0. The van der Waals surface area contributed by atoms with Crippen molar-refractivity contribution >= 4 is 15.5 Å². The zero-order valence-electron chi connectivity index (χ0n) is 12.8. The van der Waals surface area contributed by atoms with Crippen molar-refractivity contribution in [2.45, 2.75) is 12.2 Å². The summed E-state index contributed by atoms with van der Waals surface area (Å²) in [5.41, 5.74) is 2.41. The van der Waals surface area contributed by atoms with Crippen molar-refractivity contribution in [3.8, 4) is 11.1 Å². The predicted molar refractivity (Wildman–Crippen MR) is 90.5 cm³/mol. The second kappa shape index (κ2) is 7.39. The normalized spacial score (nSPS) is 13.7. The first kappa shape index (κ1) is 17.2. The van der Waals surface area contributed by atoms with Crippen molar-refractivity contribution in [1.82, 2.24) is 0 Å². The van der Waals surface area contributed by atoms with Crippen molar-refractivity contribution in [3.63, 3.8) is 0 Å². The van der Waals surface area contributed by atoms with E-state index in [9.17, 15) is 18.7 Å². The van der Waals surface area contributed by atoms with Crippen LogP contribution < -0.4 is 0 Å². The maximum absolute atomic E-state index is 12.0. The summed E-state index contributed by atoms with van der Waals surface area (Å²) < 4.78 is 24.1. The Kier molecular flexibility index (Phi) is 5.52. The van der Waals surface area contributed by atoms with Crippen LogP contribution in [0.2, 0.25) is 0 Å². The fourth-order valence-electron chi connectivity index (χ4n) is 2.34. The van der Waals surface area contributed by atoms with Crippen LogP contribution in [-0.4, -0.2) is 42.1 Å². The number of hydrogen-bond donors (Lipinski definition) is 2. The molecule has 0 heterocycles. The molecule has 0 aliphatic heterocycles. The molecule has 0 aliphatic carbocycles. The fourth-order valence-corrected chi connectivity index (χ4v) is 3.50. The highest BCUT2D eigenvalue weighted by atomic mass is 32.2. The highest BCUT2D eigenvalue weighted by Gasteiger charge is 2.30. The Hall–Kier alpha value is -2.18. The second-order valence-electron chi connectivity index (χ2n) is 5.05. The van der Waals surface area contributed by atoms with Gasteiger partial charge in [-0.15, -0.1) is 0 Å². The highest BCUT2D eigenvalue weighted by Crippen LogP contribution is 2.21. The zero-order chi connectivity index (χ0) is 16.9. The molecule has 0 fully saturated rings. The lowest BCUT2D eigenvalue weighted by Crippen LogP contribution is -2.35. The van der Waals surface area contributed by atoms with E-state index in [-0.39, 0.29) is 11.5 Å². The molecule has 0 saturated heterocycles. The van der Waals surface area contributed by atoms with Gasteiger partial charge in [-0.05, 0) is 11.1 Å². The molecule has 5 nitrogen and oxygen atoms in total. The molecular weight excluding hydrogens is 314 g/mol. The van der Waals surface area contributed by atoms with Crippen molar-refractivity contribution in [2.75, 3.05) is 12.4 Å². The molecule has 6 heteroatoms. The quantitative estimate of drug-likeness (QED) is 0.482. The zero-order valence-corrected chi connectivity index (χ0v) is 13.6. The van der Waals surface area contributed by atoms with Gasteiger partial charge >= 0.3 is 0 Å². The molecular formula is C17H19NO4S. The number of aliphatic hydroxyl groups excluding tert-OH is 1. The molecule has 0 bridgehead atoms. The van der Waals surface area contributed by atoms with Crippen LogP contribution in [0.1, 0.15) is 12.5 Å². The van der Waals surface area contributed by atoms with Crippen LogP contribution in [0.25, 0.3) is 11.1 Å². The van der Waals surface area contributed by atoms with Crippen molar-refractivity contribution in [3.05, 3.63) is 60.2 Å². The minimum Gasteiger partial charge on any atom is -0.411 e. The monoisotopic (exact) mass is 333 g/mol. The first-order valence-electron chi connectivity index (χ1n) is 7.23. The van der Waals surface area contributed by atoms with E-state index in [0.29, 0.717) is 5.56 Å². The molecule has 23 heavy (non-hydrogen) atoms. The molecule has 1 unspecified atom stereocenters. The van der Waals surface area contributed by atoms with Crippen LogP contribution in [0.4, 0.5) is 0 Å². The number of rotatable bonds is 6. The Balaban J connectivity index is 2.37. The summed E-state index contributed by atoms with van der Waals surface area (Å²) in [6, 6.07) is 16.7. The van der Waals surface area contributed by atoms with Crippen LogP contribution in [0, 0.1) is 0 Å². The Labute approximate surface area is 135 Å². The van der Waals surface area contributed by atoms with Gasteiger partial charge in [-0.1, -0.05) is 66.7 Å². The molecule has 0 amide bonds. The van der Waals surface area contributed by atoms with Crippen LogP contribution in [0.3, 0.4) is 0 Å². The van der Waals surface area contributed by atoms with E-state index in [1.807, 2.05) is 42.5 Å². The molecule has 0 saturated carbocycles. The van der Waals surface area contributed by atoms with Gasteiger partial charge in [0.1, 0.15) is 11.0 Å². The number of benzene rings is 2. The summed E-state index contributed by atoms with van der Waals surface area (Å²) in [7, 11) is -3.57. The molecule has 0 aromatic heterocycles. The van der Waals surface area contributed by atoms with Gasteiger partial charge in [-0.3, -0.25) is 0 Å². The Bertz CT molecular complexity index is 768. The van der Waals surface area contributed by atoms with Gasteiger partial charge in [0.15, 0.2) is 9.84 Å². The van der Waals surface area contributed by atoms with E-state index in [4.69, 9.17) is 0 Å². The topological polar surface area (TPSA) is 87.0 Å². The lowest BCUT2D eigenvalue weighted by molar-refractivity contribution is 0.296. The van der Waals surface area contributed by atoms with Crippen LogP contribution in [0.15, 0.2) is 59.8 Å². The average molecular weight is 333 g/mol. The molecule has 2 rings (SSSR count). The molecule has 0 radical (unpaired) electrons. The van der Waals surface area contributed by atoms with E-state index >= 15 is 0 Å². The number of oxime groups is 1. The molecule has 2 aromatic rings. The number of nitrogens with zero attached hydrogens (tertiary/aromatic N) is 1. The van der Waals surface area contributed by atoms with Crippen LogP contribution in [-0.2, 0) is 9.84 Å². The Morgan fingerprint density at radius 2 is 1.61 bits per heavy atom. The van der Waals surface area contributed by atoms with Crippen molar-refractivity contribution in [2.24, 2.45) is 5.16 Å². The van der Waals surface area contributed by atoms with Crippen LogP contribution >= 0.6 is 0 Å². The third kappa shape index (κ3) is 3.78. The highest BCUT2D eigenvalue weighted by molar-refractivity contribution is 7.92. The molecule has 2 aromatic carbocycles. The SMILES string of the molecule is CCS(=O)(=O)C(CO)/C(=N/O)c1ccc(-c2ccccc2)cc1. The van der Waals surface area contributed by atoms with Gasteiger partial charge in [-0.2, -0.15) is 0 Å². The van der Waals surface area contributed by atoms with Gasteiger partial charge < -0.3 is 10.3 Å². The number of hydrogen-bond acceptors (Lipinski definition) is 5. The third-order valence-electron chi connectivity index (χ3n) is 3.70. The molecule has 122 valence electrons. The lowest BCUT2D eigenvalue weighted by Gasteiger charge is -2.16. The molecule has 1 atom stereocenters. The van der Waals surface area contributed by atoms with E-state index in [0.717, 1.165) is 11.1 Å². The predicted octanol–water partition coefficient (Wildman–Crippen LogP) is 2.33. The van der Waals surface area contributed by atoms with Crippen molar-refractivity contribution in [1.29, 1.82) is 0 Å². The van der Waals surface area contributed by atoms with E-state index < -0.39 is 21.7 Å². The van der Waals surface area contributed by atoms with Gasteiger partial charge in [0, 0.05) is 11.3 Å². The lowest BCUT2D eigenvalue weighted by atomic mass is 10.0. The van der Waals surface area contributed by atoms with E-state index in [1.165, 1.54) is 6.92 Å². The van der Waals surface area contributed by atoms with E-state index in [1.54, 1.807) is 12.1 Å². The Morgan fingerprint density at radius 1 is 1.04 bits per heavy atom. The fraction of sp³-hybridized carbons (Fsp3) is 0.235. The summed E-state index contributed by atoms with van der Waals surface area (Å²) in [6.07, 6.45) is 0. The summed E-state index contributed by atoms with van der Waals surface area (Å²) in [5, 5.41) is 20.5. The number of sulfone groups is 1. The first-order chi connectivity index (χ1) is 11.0. The van der Waals surface area contributed by atoms with Gasteiger partial charge in [0.05, 0.1) is 6.61 Å². The minimum atomic E-state index is -3.57. The summed E-state index contributed by atoms with van der Waals surface area (Å²) in [6.45, 7) is 0.863. The largest absolute Gasteiger partial charge is 0.411 e. The second-order valence-corrected chi connectivity index (χ2v) is 7.52. The number of aliphatic hydroxyl groups is 1. The van der Waals surface area contributed by atoms with E-state index in [2.05, 4.69) is 5.16 Å². The maximum atomic E-state index is 12.0. The molecule has 0 spiro atoms. The smallest absolute Gasteiger partial charge is 0.161 e. The molecule has 2 N–H and O–H groups in total.